The quantitative estimate of drug-likeness (QED) is 0.862. The first-order valence-corrected chi connectivity index (χ1v) is 8.02. The summed E-state index contributed by atoms with van der Waals surface area (Å²) in [6.45, 7) is 7.51. The topological polar surface area (TPSA) is 56.0 Å². The fourth-order valence-electron chi connectivity index (χ4n) is 3.02. The van der Waals surface area contributed by atoms with E-state index in [4.69, 9.17) is 0 Å². The fraction of sp³-hybridized carbons (Fsp3) is 0.562. The zero-order valence-electron chi connectivity index (χ0n) is 14.0. The lowest BCUT2D eigenvalue weighted by Crippen LogP contribution is -2.38. The Kier molecular flexibility index (Phi) is 4.38. The molecule has 0 atom stereocenters. The number of imidazole rings is 1. The van der Waals surface area contributed by atoms with Crippen LogP contribution in [0.2, 0.25) is 0 Å². The number of aryl methyl sites for hydroxylation is 1. The number of carbonyl (C=O) groups is 1. The summed E-state index contributed by atoms with van der Waals surface area (Å²) in [6.07, 6.45) is 0.459. The van der Waals surface area contributed by atoms with Crippen LogP contribution in [0.3, 0.4) is 0 Å². The summed E-state index contributed by atoms with van der Waals surface area (Å²) in [5, 5.41) is 4.01. The maximum Gasteiger partial charge on any atom is 0.280 e. The van der Waals surface area contributed by atoms with Crippen LogP contribution in [-0.4, -0.2) is 36.7 Å². The summed E-state index contributed by atoms with van der Waals surface area (Å²) in [5.74, 6) is 0.531. The van der Waals surface area contributed by atoms with Gasteiger partial charge in [-0.25, -0.2) is 13.8 Å². The Labute approximate surface area is 139 Å². The van der Waals surface area contributed by atoms with E-state index in [1.165, 1.54) is 10.9 Å². The Hall–Kier alpha value is -2.25. The van der Waals surface area contributed by atoms with Gasteiger partial charge in [0.1, 0.15) is 11.5 Å². The van der Waals surface area contributed by atoms with Crippen LogP contribution in [0.4, 0.5) is 8.78 Å². The standard InChI is InChI=1S/C16H21F2N5O/c1-10(2)7-23-14(15(17)18)12(6-19-23)16(24)22-5-4-21-8-11(3)20-13(21)9-22/h6,8,10,15H,4-5,7,9H2,1-3H3. The van der Waals surface area contributed by atoms with Crippen molar-refractivity contribution < 1.29 is 13.6 Å². The summed E-state index contributed by atoms with van der Waals surface area (Å²) in [5.41, 5.74) is 0.582. The zero-order chi connectivity index (χ0) is 17.4. The van der Waals surface area contributed by atoms with Gasteiger partial charge in [0.2, 0.25) is 0 Å². The molecule has 130 valence electrons. The lowest BCUT2D eigenvalue weighted by Gasteiger charge is -2.27. The molecule has 3 heterocycles. The molecule has 24 heavy (non-hydrogen) atoms. The number of rotatable bonds is 4. The molecule has 2 aromatic rings. The molecule has 0 saturated carbocycles. The second kappa shape index (κ2) is 6.33. The van der Waals surface area contributed by atoms with Crippen LogP contribution < -0.4 is 0 Å². The number of hydrogen-bond acceptors (Lipinski definition) is 3. The van der Waals surface area contributed by atoms with E-state index in [2.05, 4.69) is 10.1 Å². The van der Waals surface area contributed by atoms with Crippen molar-refractivity contribution in [3.8, 4) is 0 Å². The van der Waals surface area contributed by atoms with Crippen molar-refractivity contribution in [2.45, 2.75) is 46.8 Å². The van der Waals surface area contributed by atoms with E-state index in [0.29, 0.717) is 26.2 Å². The average Bonchev–Trinajstić information content (AvgIpc) is 3.07. The second-order valence-electron chi connectivity index (χ2n) is 6.54. The minimum Gasteiger partial charge on any atom is -0.331 e. The summed E-state index contributed by atoms with van der Waals surface area (Å²) in [7, 11) is 0. The van der Waals surface area contributed by atoms with Crippen molar-refractivity contribution in [1.29, 1.82) is 0 Å². The van der Waals surface area contributed by atoms with E-state index >= 15 is 0 Å². The SMILES string of the molecule is Cc1cn2c(n1)CN(C(=O)c1cnn(CC(C)C)c1C(F)F)CC2. The van der Waals surface area contributed by atoms with Crippen LogP contribution in [0.5, 0.6) is 0 Å². The van der Waals surface area contributed by atoms with E-state index in [1.807, 2.05) is 31.5 Å². The summed E-state index contributed by atoms with van der Waals surface area (Å²) < 4.78 is 30.2. The van der Waals surface area contributed by atoms with Gasteiger partial charge < -0.3 is 9.47 Å². The Morgan fingerprint density at radius 2 is 2.08 bits per heavy atom. The number of aromatic nitrogens is 4. The Morgan fingerprint density at radius 1 is 1.33 bits per heavy atom. The van der Waals surface area contributed by atoms with E-state index < -0.39 is 12.3 Å². The molecule has 0 spiro atoms. The van der Waals surface area contributed by atoms with Gasteiger partial charge >= 0.3 is 0 Å². The maximum atomic E-state index is 13.5. The van der Waals surface area contributed by atoms with E-state index in [1.54, 1.807) is 4.90 Å². The molecule has 6 nitrogen and oxygen atoms in total. The second-order valence-corrected chi connectivity index (χ2v) is 6.54. The first-order chi connectivity index (χ1) is 11.4. The minimum atomic E-state index is -2.74. The van der Waals surface area contributed by atoms with Gasteiger partial charge in [0.25, 0.3) is 12.3 Å². The van der Waals surface area contributed by atoms with E-state index in [0.717, 1.165) is 11.5 Å². The molecule has 1 aliphatic heterocycles. The summed E-state index contributed by atoms with van der Waals surface area (Å²) in [6, 6.07) is 0. The number of alkyl halides is 2. The Bertz CT molecular complexity index is 750. The van der Waals surface area contributed by atoms with Crippen LogP contribution in [0.25, 0.3) is 0 Å². The molecule has 0 saturated heterocycles. The molecule has 0 fully saturated rings. The zero-order valence-corrected chi connectivity index (χ0v) is 14.0. The first kappa shape index (κ1) is 16.6. The predicted octanol–water partition coefficient (Wildman–Crippen LogP) is 2.64. The predicted molar refractivity (Wildman–Crippen MR) is 83.7 cm³/mol. The van der Waals surface area contributed by atoms with Crippen molar-refractivity contribution in [2.75, 3.05) is 6.54 Å². The highest BCUT2D eigenvalue weighted by Gasteiger charge is 2.30. The number of hydrogen-bond donors (Lipinski definition) is 0. The fourth-order valence-corrected chi connectivity index (χ4v) is 3.02. The van der Waals surface area contributed by atoms with E-state index in [9.17, 15) is 13.6 Å². The minimum absolute atomic E-state index is 0.0117. The van der Waals surface area contributed by atoms with Crippen LogP contribution in [0.15, 0.2) is 12.4 Å². The van der Waals surface area contributed by atoms with Crippen molar-refractivity contribution in [3.05, 3.63) is 35.2 Å². The van der Waals surface area contributed by atoms with Gasteiger partial charge in [0.15, 0.2) is 0 Å². The molecule has 0 unspecified atom stereocenters. The molecule has 0 bridgehead atoms. The highest BCUT2D eigenvalue weighted by Crippen LogP contribution is 2.26. The van der Waals surface area contributed by atoms with Gasteiger partial charge in [0.05, 0.1) is 24.0 Å². The van der Waals surface area contributed by atoms with Crippen LogP contribution in [0, 0.1) is 12.8 Å². The smallest absolute Gasteiger partial charge is 0.280 e. The molecule has 8 heteroatoms. The molecule has 3 rings (SSSR count). The molecule has 0 aromatic carbocycles. The van der Waals surface area contributed by atoms with Crippen molar-refractivity contribution >= 4 is 5.91 Å². The Morgan fingerprint density at radius 3 is 2.75 bits per heavy atom. The normalized spacial score (nSPS) is 14.5. The van der Waals surface area contributed by atoms with Gasteiger partial charge in [-0.2, -0.15) is 5.10 Å². The number of nitrogens with zero attached hydrogens (tertiary/aromatic N) is 5. The number of fused-ring (bicyclic) bond motifs is 1. The van der Waals surface area contributed by atoms with Gasteiger partial charge in [0, 0.05) is 25.8 Å². The highest BCUT2D eigenvalue weighted by molar-refractivity contribution is 5.95. The van der Waals surface area contributed by atoms with Gasteiger partial charge in [-0.05, 0) is 12.8 Å². The molecule has 1 amide bonds. The van der Waals surface area contributed by atoms with Gasteiger partial charge in [-0.3, -0.25) is 9.48 Å². The number of carbonyl (C=O) groups excluding carboxylic acids is 1. The van der Waals surface area contributed by atoms with Crippen molar-refractivity contribution in [2.24, 2.45) is 5.92 Å². The average molecular weight is 337 g/mol. The third kappa shape index (κ3) is 3.05. The van der Waals surface area contributed by atoms with Gasteiger partial charge in [-0.1, -0.05) is 13.8 Å². The number of halogens is 2. The van der Waals surface area contributed by atoms with E-state index in [-0.39, 0.29) is 17.2 Å². The molecule has 0 N–H and O–H groups in total. The van der Waals surface area contributed by atoms with Crippen LogP contribution in [-0.2, 0) is 19.6 Å². The molecular formula is C16H21F2N5O. The third-order valence-corrected chi connectivity index (χ3v) is 4.07. The number of amides is 1. The molecule has 1 aliphatic rings. The molecule has 2 aromatic heterocycles. The largest absolute Gasteiger partial charge is 0.331 e. The van der Waals surface area contributed by atoms with Crippen molar-refractivity contribution in [1.82, 2.24) is 24.2 Å². The molecular weight excluding hydrogens is 316 g/mol. The third-order valence-electron chi connectivity index (χ3n) is 4.07. The monoisotopic (exact) mass is 337 g/mol. The van der Waals surface area contributed by atoms with Gasteiger partial charge in [-0.15, -0.1) is 0 Å². The maximum absolute atomic E-state index is 13.5. The lowest BCUT2D eigenvalue weighted by molar-refractivity contribution is 0.0693. The van der Waals surface area contributed by atoms with Crippen LogP contribution in [0.1, 0.15) is 47.8 Å². The lowest BCUT2D eigenvalue weighted by atomic mass is 10.2. The molecule has 0 aliphatic carbocycles. The first-order valence-electron chi connectivity index (χ1n) is 8.02. The molecule has 0 radical (unpaired) electrons. The van der Waals surface area contributed by atoms with Crippen molar-refractivity contribution in [3.63, 3.8) is 0 Å². The van der Waals surface area contributed by atoms with Crippen LogP contribution >= 0.6 is 0 Å². The Balaban J connectivity index is 1.86. The highest BCUT2D eigenvalue weighted by atomic mass is 19.3. The summed E-state index contributed by atoms with van der Waals surface area (Å²) in [4.78, 5) is 18.7. The summed E-state index contributed by atoms with van der Waals surface area (Å²) >= 11 is 0.